The summed E-state index contributed by atoms with van der Waals surface area (Å²) in [5.41, 5.74) is 0.545. The van der Waals surface area contributed by atoms with Gasteiger partial charge in [-0.25, -0.2) is 8.78 Å². The van der Waals surface area contributed by atoms with Crippen LogP contribution in [0.15, 0.2) is 18.2 Å². The van der Waals surface area contributed by atoms with Crippen LogP contribution in [0.1, 0.15) is 31.7 Å². The predicted octanol–water partition coefficient (Wildman–Crippen LogP) is 2.86. The van der Waals surface area contributed by atoms with Gasteiger partial charge in [0.05, 0.1) is 6.54 Å². The molecule has 0 radical (unpaired) electrons. The van der Waals surface area contributed by atoms with E-state index in [1.165, 1.54) is 12.1 Å². The van der Waals surface area contributed by atoms with Crippen LogP contribution in [0, 0.1) is 11.6 Å². The van der Waals surface area contributed by atoms with Gasteiger partial charge in [0.15, 0.2) is 0 Å². The summed E-state index contributed by atoms with van der Waals surface area (Å²) in [6.07, 6.45) is 0.831. The fraction of sp³-hybridized carbons (Fsp3) is 0.500. The lowest BCUT2D eigenvalue weighted by Crippen LogP contribution is -2.33. The molecule has 1 aromatic rings. The molecule has 19 heavy (non-hydrogen) atoms. The molecule has 1 N–H and O–H groups in total. The minimum absolute atomic E-state index is 0.0595. The summed E-state index contributed by atoms with van der Waals surface area (Å²) in [5.74, 6) is -2.24. The zero-order chi connectivity index (χ0) is 14.4. The third kappa shape index (κ3) is 5.34. The van der Waals surface area contributed by atoms with E-state index in [9.17, 15) is 13.6 Å². The Morgan fingerprint density at radius 1 is 1.32 bits per heavy atom. The van der Waals surface area contributed by atoms with Crippen LogP contribution < -0.4 is 0 Å². The minimum Gasteiger partial charge on any atom is -0.480 e. The van der Waals surface area contributed by atoms with Crippen molar-refractivity contribution in [3.63, 3.8) is 0 Å². The number of rotatable bonds is 7. The molecule has 0 aliphatic rings. The Kier molecular flexibility index (Phi) is 5.89. The summed E-state index contributed by atoms with van der Waals surface area (Å²) in [6.45, 7) is 4.84. The number of carbonyl (C=O) groups is 1. The third-order valence-corrected chi connectivity index (χ3v) is 2.88. The molecule has 0 aliphatic heterocycles. The Bertz CT molecular complexity index is 417. The van der Waals surface area contributed by atoms with Crippen LogP contribution in [0.25, 0.3) is 0 Å². The average molecular weight is 271 g/mol. The van der Waals surface area contributed by atoms with E-state index in [0.29, 0.717) is 18.7 Å². The maximum Gasteiger partial charge on any atom is 0.317 e. The van der Waals surface area contributed by atoms with Gasteiger partial charge in [-0.05, 0) is 36.6 Å². The zero-order valence-electron chi connectivity index (χ0n) is 11.2. The molecule has 1 atom stereocenters. The smallest absolute Gasteiger partial charge is 0.317 e. The van der Waals surface area contributed by atoms with Gasteiger partial charge in [0, 0.05) is 12.6 Å². The highest BCUT2D eigenvalue weighted by Crippen LogP contribution is 2.19. The van der Waals surface area contributed by atoms with Gasteiger partial charge in [-0.2, -0.15) is 0 Å². The van der Waals surface area contributed by atoms with Gasteiger partial charge in [-0.1, -0.05) is 13.8 Å². The second-order valence-corrected chi connectivity index (χ2v) is 4.73. The normalized spacial score (nSPS) is 12.7. The molecule has 0 fully saturated rings. The van der Waals surface area contributed by atoms with E-state index in [4.69, 9.17) is 5.11 Å². The SMILES string of the molecule is CCCN(CC(=O)O)CC(C)c1cc(F)cc(F)c1. The van der Waals surface area contributed by atoms with Crippen LogP contribution in [-0.4, -0.2) is 35.6 Å². The van der Waals surface area contributed by atoms with Crippen molar-refractivity contribution < 1.29 is 18.7 Å². The Balaban J connectivity index is 2.74. The topological polar surface area (TPSA) is 40.5 Å². The third-order valence-electron chi connectivity index (χ3n) is 2.88. The average Bonchev–Trinajstić information content (AvgIpc) is 2.26. The molecule has 0 aliphatic carbocycles. The van der Waals surface area contributed by atoms with E-state index in [0.717, 1.165) is 12.5 Å². The maximum atomic E-state index is 13.1. The fourth-order valence-electron chi connectivity index (χ4n) is 2.09. The minimum atomic E-state index is -0.897. The van der Waals surface area contributed by atoms with Crippen LogP contribution in [0.3, 0.4) is 0 Å². The number of carboxylic acids is 1. The number of halogens is 2. The van der Waals surface area contributed by atoms with Gasteiger partial charge in [-0.15, -0.1) is 0 Å². The highest BCUT2D eigenvalue weighted by Gasteiger charge is 2.15. The van der Waals surface area contributed by atoms with Crippen molar-refractivity contribution in [2.45, 2.75) is 26.2 Å². The molecule has 0 spiro atoms. The number of benzene rings is 1. The van der Waals surface area contributed by atoms with Gasteiger partial charge in [-0.3, -0.25) is 9.69 Å². The Hall–Kier alpha value is -1.49. The molecule has 5 heteroatoms. The van der Waals surface area contributed by atoms with Crippen molar-refractivity contribution in [2.75, 3.05) is 19.6 Å². The highest BCUT2D eigenvalue weighted by atomic mass is 19.1. The molecule has 0 bridgehead atoms. The van der Waals surface area contributed by atoms with Crippen LogP contribution in [0.4, 0.5) is 8.78 Å². The molecular weight excluding hydrogens is 252 g/mol. The lowest BCUT2D eigenvalue weighted by atomic mass is 10.00. The monoisotopic (exact) mass is 271 g/mol. The summed E-state index contributed by atoms with van der Waals surface area (Å²) in [7, 11) is 0. The van der Waals surface area contributed by atoms with E-state index >= 15 is 0 Å². The van der Waals surface area contributed by atoms with Crippen molar-refractivity contribution in [1.29, 1.82) is 0 Å². The summed E-state index contributed by atoms with van der Waals surface area (Å²) >= 11 is 0. The van der Waals surface area contributed by atoms with Gasteiger partial charge in [0.1, 0.15) is 11.6 Å². The molecule has 0 saturated carbocycles. The van der Waals surface area contributed by atoms with Crippen LogP contribution in [-0.2, 0) is 4.79 Å². The second-order valence-electron chi connectivity index (χ2n) is 4.73. The lowest BCUT2D eigenvalue weighted by molar-refractivity contribution is -0.138. The molecule has 106 valence electrons. The molecule has 3 nitrogen and oxygen atoms in total. The first-order valence-corrected chi connectivity index (χ1v) is 6.32. The van der Waals surface area contributed by atoms with Gasteiger partial charge in [0.25, 0.3) is 0 Å². The first-order chi connectivity index (χ1) is 8.92. The standard InChI is InChI=1S/C14H19F2NO2/c1-3-4-17(9-14(18)19)8-10(2)11-5-12(15)7-13(16)6-11/h5-7,10H,3-4,8-9H2,1-2H3,(H,18,19). The van der Waals surface area contributed by atoms with E-state index in [1.54, 1.807) is 4.90 Å². The summed E-state index contributed by atoms with van der Waals surface area (Å²) in [6, 6.07) is 3.41. The number of nitrogens with zero attached hydrogens (tertiary/aromatic N) is 1. The van der Waals surface area contributed by atoms with E-state index in [-0.39, 0.29) is 12.5 Å². The van der Waals surface area contributed by atoms with Crippen molar-refractivity contribution in [1.82, 2.24) is 4.90 Å². The molecule has 0 heterocycles. The first-order valence-electron chi connectivity index (χ1n) is 6.32. The van der Waals surface area contributed by atoms with Crippen molar-refractivity contribution >= 4 is 5.97 Å². The Morgan fingerprint density at radius 2 is 1.89 bits per heavy atom. The van der Waals surface area contributed by atoms with Crippen molar-refractivity contribution in [2.24, 2.45) is 0 Å². The Morgan fingerprint density at radius 3 is 2.37 bits per heavy atom. The summed E-state index contributed by atoms with van der Waals surface area (Å²) in [5, 5.41) is 8.82. The number of hydrogen-bond donors (Lipinski definition) is 1. The maximum absolute atomic E-state index is 13.1. The molecular formula is C14H19F2NO2. The fourth-order valence-corrected chi connectivity index (χ4v) is 2.09. The largest absolute Gasteiger partial charge is 0.480 e. The predicted molar refractivity (Wildman–Crippen MR) is 69.1 cm³/mol. The second kappa shape index (κ2) is 7.19. The van der Waals surface area contributed by atoms with Gasteiger partial charge < -0.3 is 5.11 Å². The lowest BCUT2D eigenvalue weighted by Gasteiger charge is -2.23. The molecule has 0 amide bonds. The van der Waals surface area contributed by atoms with Gasteiger partial charge >= 0.3 is 5.97 Å². The van der Waals surface area contributed by atoms with Crippen molar-refractivity contribution in [3.8, 4) is 0 Å². The first kappa shape index (κ1) is 15.6. The summed E-state index contributed by atoms with van der Waals surface area (Å²) < 4.78 is 26.3. The quantitative estimate of drug-likeness (QED) is 0.829. The van der Waals surface area contributed by atoms with E-state index in [1.807, 2.05) is 13.8 Å². The number of aliphatic carboxylic acids is 1. The Labute approximate surface area is 111 Å². The van der Waals surface area contributed by atoms with Crippen molar-refractivity contribution in [3.05, 3.63) is 35.4 Å². The zero-order valence-corrected chi connectivity index (χ0v) is 11.2. The van der Waals surface area contributed by atoms with E-state index < -0.39 is 17.6 Å². The molecule has 1 aromatic carbocycles. The molecule has 1 unspecified atom stereocenters. The van der Waals surface area contributed by atoms with E-state index in [2.05, 4.69) is 0 Å². The molecule has 0 saturated heterocycles. The van der Waals surface area contributed by atoms with Crippen LogP contribution in [0.5, 0.6) is 0 Å². The van der Waals surface area contributed by atoms with Gasteiger partial charge in [0.2, 0.25) is 0 Å². The summed E-state index contributed by atoms with van der Waals surface area (Å²) in [4.78, 5) is 12.5. The van der Waals surface area contributed by atoms with Crippen LogP contribution in [0.2, 0.25) is 0 Å². The number of carboxylic acid groups (broad SMARTS) is 1. The highest BCUT2D eigenvalue weighted by molar-refractivity contribution is 5.69. The van der Waals surface area contributed by atoms with Crippen LogP contribution >= 0.6 is 0 Å². The molecule has 0 aromatic heterocycles. The molecule has 1 rings (SSSR count). The number of hydrogen-bond acceptors (Lipinski definition) is 2.